The van der Waals surface area contributed by atoms with Crippen LogP contribution in [0.3, 0.4) is 0 Å². The fourth-order valence-electron chi connectivity index (χ4n) is 1.48. The predicted molar refractivity (Wildman–Crippen MR) is 70.6 cm³/mol. The highest BCUT2D eigenvalue weighted by molar-refractivity contribution is 9.10. The second kappa shape index (κ2) is 5.73. The third kappa shape index (κ3) is 2.92. The minimum absolute atomic E-state index is 0.169. The summed E-state index contributed by atoms with van der Waals surface area (Å²) < 4.78 is 11.1. The topological polar surface area (TPSA) is 51.5 Å². The van der Waals surface area contributed by atoms with Crippen LogP contribution in [0, 0.1) is 0 Å². The Balaban J connectivity index is 2.04. The molecule has 0 aliphatic carbocycles. The Morgan fingerprint density at radius 2 is 2.28 bits per heavy atom. The summed E-state index contributed by atoms with van der Waals surface area (Å²) in [4.78, 5) is 11.9. The Kier molecular flexibility index (Phi) is 4.04. The summed E-state index contributed by atoms with van der Waals surface area (Å²) >= 11 is 3.34. The normalized spacial score (nSPS) is 10.1. The number of carbonyl (C=O) groups excluding carboxylic acids is 1. The van der Waals surface area contributed by atoms with Crippen molar-refractivity contribution in [3.05, 3.63) is 52.4 Å². The van der Waals surface area contributed by atoms with Gasteiger partial charge in [0.25, 0.3) is 5.91 Å². The lowest BCUT2D eigenvalue weighted by atomic mass is 10.2. The Labute approximate surface area is 113 Å². The average Bonchev–Trinajstić information content (AvgIpc) is 2.89. The van der Waals surface area contributed by atoms with Gasteiger partial charge in [-0.1, -0.05) is 0 Å². The Morgan fingerprint density at radius 1 is 1.44 bits per heavy atom. The van der Waals surface area contributed by atoms with Gasteiger partial charge in [0.2, 0.25) is 0 Å². The number of nitrogens with one attached hydrogen (secondary N) is 1. The number of carbonyl (C=O) groups is 1. The lowest BCUT2D eigenvalue weighted by molar-refractivity contribution is 0.0947. The maximum atomic E-state index is 11.9. The van der Waals surface area contributed by atoms with Gasteiger partial charge in [0.15, 0.2) is 0 Å². The van der Waals surface area contributed by atoms with E-state index in [2.05, 4.69) is 21.2 Å². The second-order valence-electron chi connectivity index (χ2n) is 3.61. The summed E-state index contributed by atoms with van der Waals surface area (Å²) in [6, 6.07) is 8.78. The monoisotopic (exact) mass is 309 g/mol. The van der Waals surface area contributed by atoms with Crippen LogP contribution in [0.2, 0.25) is 0 Å². The van der Waals surface area contributed by atoms with Crippen molar-refractivity contribution in [2.24, 2.45) is 0 Å². The van der Waals surface area contributed by atoms with E-state index in [0.29, 0.717) is 23.6 Å². The van der Waals surface area contributed by atoms with Gasteiger partial charge in [-0.05, 0) is 46.3 Å². The Hall–Kier alpha value is -1.75. The van der Waals surface area contributed by atoms with Crippen LogP contribution < -0.4 is 10.1 Å². The molecule has 18 heavy (non-hydrogen) atoms. The van der Waals surface area contributed by atoms with E-state index in [0.717, 1.165) is 4.47 Å². The summed E-state index contributed by atoms with van der Waals surface area (Å²) in [7, 11) is 1.56. The molecule has 0 bridgehead atoms. The molecule has 0 aliphatic rings. The molecule has 0 radical (unpaired) electrons. The van der Waals surface area contributed by atoms with Gasteiger partial charge in [-0.2, -0.15) is 0 Å². The summed E-state index contributed by atoms with van der Waals surface area (Å²) in [6.07, 6.45) is 1.57. The third-order valence-electron chi connectivity index (χ3n) is 2.42. The fourth-order valence-corrected chi connectivity index (χ4v) is 1.89. The molecule has 0 spiro atoms. The van der Waals surface area contributed by atoms with Gasteiger partial charge < -0.3 is 14.5 Å². The number of ether oxygens (including phenoxy) is 1. The first kappa shape index (κ1) is 12.7. The molecule has 1 amide bonds. The van der Waals surface area contributed by atoms with Crippen LogP contribution in [0.5, 0.6) is 5.75 Å². The number of halogens is 1. The minimum atomic E-state index is -0.169. The van der Waals surface area contributed by atoms with E-state index >= 15 is 0 Å². The van der Waals surface area contributed by atoms with E-state index in [1.807, 2.05) is 6.07 Å². The van der Waals surface area contributed by atoms with E-state index in [1.165, 1.54) is 0 Å². The molecule has 1 aromatic heterocycles. The first-order valence-electron chi connectivity index (χ1n) is 5.35. The van der Waals surface area contributed by atoms with Crippen LogP contribution in [0.15, 0.2) is 45.5 Å². The van der Waals surface area contributed by atoms with Gasteiger partial charge in [0, 0.05) is 5.56 Å². The Bertz CT molecular complexity index is 537. The van der Waals surface area contributed by atoms with Crippen LogP contribution in [-0.2, 0) is 6.54 Å². The highest BCUT2D eigenvalue weighted by Crippen LogP contribution is 2.25. The molecule has 1 heterocycles. The highest BCUT2D eigenvalue weighted by atomic mass is 79.9. The van der Waals surface area contributed by atoms with Crippen LogP contribution >= 0.6 is 15.9 Å². The third-order valence-corrected chi connectivity index (χ3v) is 3.07. The van der Waals surface area contributed by atoms with Gasteiger partial charge in [0.1, 0.15) is 11.5 Å². The smallest absolute Gasteiger partial charge is 0.251 e. The van der Waals surface area contributed by atoms with Crippen LogP contribution in [0.25, 0.3) is 0 Å². The molecule has 0 saturated carbocycles. The van der Waals surface area contributed by atoms with Gasteiger partial charge in [-0.25, -0.2) is 0 Å². The van der Waals surface area contributed by atoms with Crippen molar-refractivity contribution in [2.45, 2.75) is 6.54 Å². The molecule has 94 valence electrons. The molecule has 1 N–H and O–H groups in total. The Morgan fingerprint density at radius 3 is 2.94 bits per heavy atom. The lowest BCUT2D eigenvalue weighted by Gasteiger charge is -2.07. The van der Waals surface area contributed by atoms with Crippen LogP contribution in [0.4, 0.5) is 0 Å². The van der Waals surface area contributed by atoms with Crippen LogP contribution in [0.1, 0.15) is 16.1 Å². The number of rotatable bonds is 4. The summed E-state index contributed by atoms with van der Waals surface area (Å²) in [5.74, 6) is 1.17. The van der Waals surface area contributed by atoms with Crippen molar-refractivity contribution < 1.29 is 13.9 Å². The molecular formula is C13H12BrNO3. The van der Waals surface area contributed by atoms with E-state index < -0.39 is 0 Å². The van der Waals surface area contributed by atoms with Crippen molar-refractivity contribution in [1.29, 1.82) is 0 Å². The predicted octanol–water partition coefficient (Wildman–Crippen LogP) is 2.98. The maximum Gasteiger partial charge on any atom is 0.251 e. The first-order valence-corrected chi connectivity index (χ1v) is 6.14. The molecule has 0 aliphatic heterocycles. The van der Waals surface area contributed by atoms with E-state index in [9.17, 15) is 4.79 Å². The molecule has 0 fully saturated rings. The van der Waals surface area contributed by atoms with Gasteiger partial charge >= 0.3 is 0 Å². The number of hydrogen-bond donors (Lipinski definition) is 1. The molecule has 5 heteroatoms. The number of hydrogen-bond acceptors (Lipinski definition) is 3. The van der Waals surface area contributed by atoms with Crippen molar-refractivity contribution >= 4 is 21.8 Å². The maximum absolute atomic E-state index is 11.9. The fraction of sp³-hybridized carbons (Fsp3) is 0.154. The SMILES string of the molecule is COc1cc(C(=O)NCc2ccco2)ccc1Br. The van der Waals surface area contributed by atoms with E-state index in [-0.39, 0.29) is 5.91 Å². The van der Waals surface area contributed by atoms with Crippen molar-refractivity contribution in [1.82, 2.24) is 5.32 Å². The summed E-state index contributed by atoms with van der Waals surface area (Å²) in [6.45, 7) is 0.365. The average molecular weight is 310 g/mol. The van der Waals surface area contributed by atoms with Crippen LogP contribution in [-0.4, -0.2) is 13.0 Å². The summed E-state index contributed by atoms with van der Waals surface area (Å²) in [5.41, 5.74) is 0.543. The standard InChI is InChI=1S/C13H12BrNO3/c1-17-12-7-9(4-5-11(12)14)13(16)15-8-10-3-2-6-18-10/h2-7H,8H2,1H3,(H,15,16). The second-order valence-corrected chi connectivity index (χ2v) is 4.47. The van der Waals surface area contributed by atoms with Crippen molar-refractivity contribution in [3.8, 4) is 5.75 Å². The van der Waals surface area contributed by atoms with Gasteiger partial charge in [0.05, 0.1) is 24.4 Å². The highest BCUT2D eigenvalue weighted by Gasteiger charge is 2.09. The molecule has 0 saturated heterocycles. The molecule has 2 rings (SSSR count). The molecule has 1 aromatic carbocycles. The molecule has 2 aromatic rings. The summed E-state index contributed by atoms with van der Waals surface area (Å²) in [5, 5.41) is 2.77. The van der Waals surface area contributed by atoms with E-state index in [4.69, 9.17) is 9.15 Å². The largest absolute Gasteiger partial charge is 0.496 e. The van der Waals surface area contributed by atoms with Gasteiger partial charge in [-0.15, -0.1) is 0 Å². The molecule has 4 nitrogen and oxygen atoms in total. The number of benzene rings is 1. The first-order chi connectivity index (χ1) is 8.70. The van der Waals surface area contributed by atoms with Crippen molar-refractivity contribution in [3.63, 3.8) is 0 Å². The van der Waals surface area contributed by atoms with E-state index in [1.54, 1.807) is 37.6 Å². The molecule has 0 atom stereocenters. The number of furan rings is 1. The zero-order valence-corrected chi connectivity index (χ0v) is 11.4. The lowest BCUT2D eigenvalue weighted by Crippen LogP contribution is -2.22. The van der Waals surface area contributed by atoms with Gasteiger partial charge in [-0.3, -0.25) is 4.79 Å². The molecular weight excluding hydrogens is 298 g/mol. The zero-order chi connectivity index (χ0) is 13.0. The minimum Gasteiger partial charge on any atom is -0.496 e. The quantitative estimate of drug-likeness (QED) is 0.944. The number of methoxy groups -OCH3 is 1. The number of amides is 1. The zero-order valence-electron chi connectivity index (χ0n) is 9.77. The molecule has 0 unspecified atom stereocenters. The van der Waals surface area contributed by atoms with Crippen molar-refractivity contribution in [2.75, 3.05) is 7.11 Å².